The van der Waals surface area contributed by atoms with Crippen LogP contribution in [0.15, 0.2) is 28.7 Å². The van der Waals surface area contributed by atoms with Crippen molar-refractivity contribution in [2.24, 2.45) is 5.92 Å². The van der Waals surface area contributed by atoms with Gasteiger partial charge in [0.1, 0.15) is 0 Å². The number of ether oxygens (including phenoxy) is 1. The van der Waals surface area contributed by atoms with Gasteiger partial charge in [0.15, 0.2) is 0 Å². The second kappa shape index (κ2) is 8.67. The second-order valence-electron chi connectivity index (χ2n) is 4.32. The first-order valence-corrected chi connectivity index (χ1v) is 7.00. The van der Waals surface area contributed by atoms with Gasteiger partial charge in [-0.2, -0.15) is 0 Å². The molecule has 2 nitrogen and oxygen atoms in total. The van der Waals surface area contributed by atoms with Crippen LogP contribution in [-0.4, -0.2) is 26.8 Å². The van der Waals surface area contributed by atoms with Crippen LogP contribution in [0, 0.1) is 5.92 Å². The molecule has 1 atom stereocenters. The van der Waals surface area contributed by atoms with Crippen LogP contribution in [0.4, 0.5) is 0 Å². The standard InChI is InChI=1S/C14H22BrNO/c1-3-8-16-10-12(11-17-2)9-13-6-4-5-7-14(13)15/h4-7,12,16H,3,8-11H2,1-2H3. The molecule has 0 spiro atoms. The zero-order chi connectivity index (χ0) is 12.5. The van der Waals surface area contributed by atoms with E-state index in [4.69, 9.17) is 4.74 Å². The predicted octanol–water partition coefficient (Wildman–Crippen LogP) is 3.25. The Balaban J connectivity index is 2.50. The summed E-state index contributed by atoms with van der Waals surface area (Å²) >= 11 is 3.60. The maximum Gasteiger partial charge on any atom is 0.0505 e. The van der Waals surface area contributed by atoms with Crippen LogP contribution >= 0.6 is 15.9 Å². The Morgan fingerprint density at radius 3 is 2.76 bits per heavy atom. The molecule has 1 aromatic rings. The van der Waals surface area contributed by atoms with Crippen molar-refractivity contribution >= 4 is 15.9 Å². The number of hydrogen-bond acceptors (Lipinski definition) is 2. The molecule has 0 saturated carbocycles. The van der Waals surface area contributed by atoms with Gasteiger partial charge in [-0.05, 0) is 36.9 Å². The fourth-order valence-corrected chi connectivity index (χ4v) is 2.33. The van der Waals surface area contributed by atoms with E-state index in [1.807, 2.05) is 6.07 Å². The summed E-state index contributed by atoms with van der Waals surface area (Å²) in [6, 6.07) is 8.41. The number of methoxy groups -OCH3 is 1. The molecule has 1 rings (SSSR count). The number of rotatable bonds is 8. The van der Waals surface area contributed by atoms with Gasteiger partial charge in [0, 0.05) is 18.1 Å². The smallest absolute Gasteiger partial charge is 0.0505 e. The summed E-state index contributed by atoms with van der Waals surface area (Å²) in [6.45, 7) is 5.09. The monoisotopic (exact) mass is 299 g/mol. The zero-order valence-corrected chi connectivity index (χ0v) is 12.3. The molecule has 3 heteroatoms. The fraction of sp³-hybridized carbons (Fsp3) is 0.571. The van der Waals surface area contributed by atoms with Crippen LogP contribution in [0.25, 0.3) is 0 Å². The van der Waals surface area contributed by atoms with E-state index in [1.165, 1.54) is 16.5 Å². The number of halogens is 1. The molecular formula is C14H22BrNO. The Morgan fingerprint density at radius 2 is 2.12 bits per heavy atom. The van der Waals surface area contributed by atoms with Crippen molar-refractivity contribution in [2.75, 3.05) is 26.8 Å². The Bertz CT molecular complexity index is 317. The Labute approximate surface area is 113 Å². The minimum atomic E-state index is 0.533. The Morgan fingerprint density at radius 1 is 1.35 bits per heavy atom. The minimum Gasteiger partial charge on any atom is -0.384 e. The molecule has 0 aromatic heterocycles. The lowest BCUT2D eigenvalue weighted by Gasteiger charge is -2.17. The molecule has 0 aliphatic rings. The summed E-state index contributed by atoms with van der Waals surface area (Å²) in [4.78, 5) is 0. The van der Waals surface area contributed by atoms with Crippen LogP contribution in [0.3, 0.4) is 0 Å². The summed E-state index contributed by atoms with van der Waals surface area (Å²) in [5.41, 5.74) is 1.35. The first-order chi connectivity index (χ1) is 8.27. The molecule has 0 heterocycles. The number of nitrogens with one attached hydrogen (secondary N) is 1. The molecule has 0 fully saturated rings. The molecule has 1 unspecified atom stereocenters. The molecule has 0 bridgehead atoms. The third kappa shape index (κ3) is 5.66. The SMILES string of the molecule is CCCNCC(COC)Cc1ccccc1Br. The molecule has 0 saturated heterocycles. The first kappa shape index (κ1) is 14.7. The van der Waals surface area contributed by atoms with Gasteiger partial charge in [0.25, 0.3) is 0 Å². The third-order valence-electron chi connectivity index (χ3n) is 2.73. The maximum atomic E-state index is 5.29. The average Bonchev–Trinajstić information content (AvgIpc) is 2.32. The topological polar surface area (TPSA) is 21.3 Å². The average molecular weight is 300 g/mol. The van der Waals surface area contributed by atoms with Crippen molar-refractivity contribution in [1.82, 2.24) is 5.32 Å². The predicted molar refractivity (Wildman–Crippen MR) is 76.4 cm³/mol. The molecule has 0 amide bonds. The molecule has 96 valence electrons. The van der Waals surface area contributed by atoms with Crippen molar-refractivity contribution in [3.63, 3.8) is 0 Å². The van der Waals surface area contributed by atoms with Crippen LogP contribution < -0.4 is 5.32 Å². The molecule has 17 heavy (non-hydrogen) atoms. The first-order valence-electron chi connectivity index (χ1n) is 6.21. The van der Waals surface area contributed by atoms with Gasteiger partial charge in [-0.3, -0.25) is 0 Å². The van der Waals surface area contributed by atoms with E-state index in [0.29, 0.717) is 5.92 Å². The van der Waals surface area contributed by atoms with Gasteiger partial charge in [-0.25, -0.2) is 0 Å². The van der Waals surface area contributed by atoms with Crippen molar-refractivity contribution < 1.29 is 4.74 Å². The highest BCUT2D eigenvalue weighted by Crippen LogP contribution is 2.19. The van der Waals surface area contributed by atoms with Gasteiger partial charge in [-0.1, -0.05) is 41.1 Å². The van der Waals surface area contributed by atoms with Crippen molar-refractivity contribution in [3.8, 4) is 0 Å². The summed E-state index contributed by atoms with van der Waals surface area (Å²) in [5, 5.41) is 3.46. The number of benzene rings is 1. The normalized spacial score (nSPS) is 12.6. The van der Waals surface area contributed by atoms with Crippen molar-refractivity contribution in [2.45, 2.75) is 19.8 Å². The molecule has 0 aliphatic carbocycles. The second-order valence-corrected chi connectivity index (χ2v) is 5.18. The fourth-order valence-electron chi connectivity index (χ4n) is 1.88. The van der Waals surface area contributed by atoms with Gasteiger partial charge < -0.3 is 10.1 Å². The summed E-state index contributed by atoms with van der Waals surface area (Å²) < 4.78 is 6.48. The van der Waals surface area contributed by atoms with E-state index in [0.717, 1.165) is 26.1 Å². The van der Waals surface area contributed by atoms with Gasteiger partial charge in [-0.15, -0.1) is 0 Å². The van der Waals surface area contributed by atoms with E-state index in [9.17, 15) is 0 Å². The van der Waals surface area contributed by atoms with Gasteiger partial charge >= 0.3 is 0 Å². The van der Waals surface area contributed by atoms with E-state index in [2.05, 4.69) is 46.4 Å². The summed E-state index contributed by atoms with van der Waals surface area (Å²) in [5.74, 6) is 0.533. The maximum absolute atomic E-state index is 5.29. The zero-order valence-electron chi connectivity index (χ0n) is 10.7. The summed E-state index contributed by atoms with van der Waals surface area (Å²) in [7, 11) is 1.77. The summed E-state index contributed by atoms with van der Waals surface area (Å²) in [6.07, 6.45) is 2.22. The Kier molecular flexibility index (Phi) is 7.49. The van der Waals surface area contributed by atoms with E-state index in [-0.39, 0.29) is 0 Å². The minimum absolute atomic E-state index is 0.533. The lowest BCUT2D eigenvalue weighted by atomic mass is 10.00. The highest BCUT2D eigenvalue weighted by molar-refractivity contribution is 9.10. The molecule has 1 N–H and O–H groups in total. The highest BCUT2D eigenvalue weighted by atomic mass is 79.9. The van der Waals surface area contributed by atoms with Crippen LogP contribution in [-0.2, 0) is 11.2 Å². The quantitative estimate of drug-likeness (QED) is 0.744. The van der Waals surface area contributed by atoms with Crippen LogP contribution in [0.5, 0.6) is 0 Å². The lowest BCUT2D eigenvalue weighted by Crippen LogP contribution is -2.28. The largest absolute Gasteiger partial charge is 0.384 e. The molecular weight excluding hydrogens is 278 g/mol. The Hall–Kier alpha value is -0.380. The lowest BCUT2D eigenvalue weighted by molar-refractivity contribution is 0.151. The van der Waals surface area contributed by atoms with Crippen molar-refractivity contribution in [1.29, 1.82) is 0 Å². The van der Waals surface area contributed by atoms with E-state index >= 15 is 0 Å². The highest BCUT2D eigenvalue weighted by Gasteiger charge is 2.10. The molecule has 0 aliphatic heterocycles. The molecule has 1 aromatic carbocycles. The number of hydrogen-bond donors (Lipinski definition) is 1. The van der Waals surface area contributed by atoms with Gasteiger partial charge in [0.2, 0.25) is 0 Å². The third-order valence-corrected chi connectivity index (χ3v) is 3.50. The van der Waals surface area contributed by atoms with Gasteiger partial charge in [0.05, 0.1) is 6.61 Å². The van der Waals surface area contributed by atoms with E-state index in [1.54, 1.807) is 7.11 Å². The van der Waals surface area contributed by atoms with E-state index < -0.39 is 0 Å². The van der Waals surface area contributed by atoms with Crippen molar-refractivity contribution in [3.05, 3.63) is 34.3 Å². The van der Waals surface area contributed by atoms with Crippen LogP contribution in [0.2, 0.25) is 0 Å². The van der Waals surface area contributed by atoms with Crippen LogP contribution in [0.1, 0.15) is 18.9 Å². The molecule has 0 radical (unpaired) electrons.